The van der Waals surface area contributed by atoms with Crippen molar-refractivity contribution in [1.82, 2.24) is 24.5 Å². The van der Waals surface area contributed by atoms with Gasteiger partial charge in [-0.1, -0.05) is 12.1 Å². The van der Waals surface area contributed by atoms with Crippen molar-refractivity contribution in [3.8, 4) is 0 Å². The Hall–Kier alpha value is -2.84. The Morgan fingerprint density at radius 1 is 1.17 bits per heavy atom. The smallest absolute Gasteiger partial charge is 0.252 e. The molecule has 8 heteroatoms. The molecule has 4 aromatic rings. The number of amides is 1. The molecule has 1 atom stereocenters. The van der Waals surface area contributed by atoms with Crippen molar-refractivity contribution < 1.29 is 9.53 Å². The van der Waals surface area contributed by atoms with Crippen LogP contribution in [-0.4, -0.2) is 50.8 Å². The second-order valence-electron chi connectivity index (χ2n) is 7.03. The molecule has 0 radical (unpaired) electrons. The van der Waals surface area contributed by atoms with Crippen LogP contribution in [0.2, 0.25) is 0 Å². The third-order valence-corrected chi connectivity index (χ3v) is 5.81. The number of carbonyl (C=O) groups excluding carboxylic acids is 1. The molecule has 1 unspecified atom stereocenters. The number of hydrogen-bond donors (Lipinski definition) is 1. The lowest BCUT2D eigenvalue weighted by molar-refractivity contribution is 0.0935. The zero-order valence-corrected chi connectivity index (χ0v) is 17.9. The van der Waals surface area contributed by atoms with Crippen LogP contribution in [-0.2, 0) is 11.3 Å². The molecule has 0 aliphatic rings. The first-order valence-electron chi connectivity index (χ1n) is 9.89. The topological polar surface area (TPSA) is 73.4 Å². The summed E-state index contributed by atoms with van der Waals surface area (Å²) in [6.07, 6.45) is 6.76. The van der Waals surface area contributed by atoms with E-state index in [0.29, 0.717) is 12.2 Å². The van der Waals surface area contributed by atoms with Crippen molar-refractivity contribution in [2.75, 3.05) is 25.7 Å². The van der Waals surface area contributed by atoms with Crippen molar-refractivity contribution in [3.05, 3.63) is 66.2 Å². The van der Waals surface area contributed by atoms with Crippen LogP contribution in [0.5, 0.6) is 0 Å². The second kappa shape index (κ2) is 9.32. The molecule has 4 rings (SSSR count). The Kier molecular flexibility index (Phi) is 6.35. The van der Waals surface area contributed by atoms with Gasteiger partial charge in [0.2, 0.25) is 0 Å². The van der Waals surface area contributed by atoms with E-state index in [4.69, 9.17) is 4.74 Å². The number of thioether (sulfide) groups is 1. The third-order valence-electron chi connectivity index (χ3n) is 5.16. The standard InChI is InChI=1S/C22H25N5O2S/c1-29-14-13-26-12-9-16-17(6-5-7-19(16)26)22(28)23-18(10-15-30-2)21-25-24-20-8-3-4-11-27(20)21/h3-9,11-12,18H,10,13-15H2,1-2H3,(H,23,28). The molecule has 1 amide bonds. The molecule has 0 spiro atoms. The van der Waals surface area contributed by atoms with Crippen LogP contribution in [0.1, 0.15) is 28.6 Å². The highest BCUT2D eigenvalue weighted by Crippen LogP contribution is 2.23. The molecule has 0 fully saturated rings. The third kappa shape index (κ3) is 4.06. The zero-order valence-electron chi connectivity index (χ0n) is 17.1. The fourth-order valence-electron chi connectivity index (χ4n) is 3.64. The lowest BCUT2D eigenvalue weighted by Crippen LogP contribution is -2.30. The van der Waals surface area contributed by atoms with E-state index in [0.717, 1.165) is 41.1 Å². The molecule has 156 valence electrons. The summed E-state index contributed by atoms with van der Waals surface area (Å²) in [5.41, 5.74) is 2.45. The van der Waals surface area contributed by atoms with Gasteiger partial charge < -0.3 is 14.6 Å². The number of hydrogen-bond acceptors (Lipinski definition) is 5. The normalized spacial score (nSPS) is 12.5. The summed E-state index contributed by atoms with van der Waals surface area (Å²) in [4.78, 5) is 13.3. The monoisotopic (exact) mass is 423 g/mol. The van der Waals surface area contributed by atoms with Crippen LogP contribution in [0.25, 0.3) is 16.6 Å². The number of ether oxygens (including phenoxy) is 1. The van der Waals surface area contributed by atoms with Crippen molar-refractivity contribution in [2.24, 2.45) is 0 Å². The lowest BCUT2D eigenvalue weighted by Gasteiger charge is -2.17. The summed E-state index contributed by atoms with van der Waals surface area (Å²) >= 11 is 1.75. The summed E-state index contributed by atoms with van der Waals surface area (Å²) in [7, 11) is 1.69. The van der Waals surface area contributed by atoms with Crippen molar-refractivity contribution in [2.45, 2.75) is 19.0 Å². The fraction of sp³-hybridized carbons (Fsp3) is 0.318. The van der Waals surface area contributed by atoms with E-state index >= 15 is 0 Å². The van der Waals surface area contributed by atoms with Gasteiger partial charge in [0.15, 0.2) is 11.5 Å². The summed E-state index contributed by atoms with van der Waals surface area (Å²) in [5.74, 6) is 1.55. The Labute approximate surface area is 179 Å². The van der Waals surface area contributed by atoms with Gasteiger partial charge in [0.05, 0.1) is 12.6 Å². The van der Waals surface area contributed by atoms with E-state index in [-0.39, 0.29) is 11.9 Å². The number of benzene rings is 1. The minimum atomic E-state index is -0.229. The van der Waals surface area contributed by atoms with Crippen molar-refractivity contribution >= 4 is 34.2 Å². The first-order valence-corrected chi connectivity index (χ1v) is 11.3. The van der Waals surface area contributed by atoms with Gasteiger partial charge in [-0.15, -0.1) is 10.2 Å². The average Bonchev–Trinajstić information content (AvgIpc) is 3.39. The van der Waals surface area contributed by atoms with Crippen molar-refractivity contribution in [3.63, 3.8) is 0 Å². The lowest BCUT2D eigenvalue weighted by atomic mass is 10.1. The van der Waals surface area contributed by atoms with Crippen LogP contribution < -0.4 is 5.32 Å². The second-order valence-corrected chi connectivity index (χ2v) is 8.02. The molecule has 0 saturated heterocycles. The van der Waals surface area contributed by atoms with E-state index in [2.05, 4.69) is 26.3 Å². The maximum atomic E-state index is 13.3. The van der Waals surface area contributed by atoms with Crippen LogP contribution in [0, 0.1) is 0 Å². The Morgan fingerprint density at radius 2 is 2.07 bits per heavy atom. The van der Waals surface area contributed by atoms with E-state index in [1.165, 1.54) is 0 Å². The molecule has 1 aromatic carbocycles. The number of methoxy groups -OCH3 is 1. The molecule has 0 bridgehead atoms. The minimum Gasteiger partial charge on any atom is -0.383 e. The number of rotatable bonds is 9. The predicted octanol–water partition coefficient (Wildman–Crippen LogP) is 3.55. The van der Waals surface area contributed by atoms with Crippen LogP contribution in [0.4, 0.5) is 0 Å². The van der Waals surface area contributed by atoms with E-state index < -0.39 is 0 Å². The van der Waals surface area contributed by atoms with Crippen LogP contribution in [0.15, 0.2) is 54.9 Å². The summed E-state index contributed by atoms with van der Waals surface area (Å²) in [6, 6.07) is 13.4. The summed E-state index contributed by atoms with van der Waals surface area (Å²) < 4.78 is 9.23. The first kappa shape index (κ1) is 20.4. The summed E-state index contributed by atoms with van der Waals surface area (Å²) in [5, 5.41) is 12.7. The molecule has 0 aliphatic heterocycles. The highest BCUT2D eigenvalue weighted by molar-refractivity contribution is 7.98. The maximum Gasteiger partial charge on any atom is 0.252 e. The quantitative estimate of drug-likeness (QED) is 0.446. The van der Waals surface area contributed by atoms with Crippen LogP contribution in [0.3, 0.4) is 0 Å². The largest absolute Gasteiger partial charge is 0.383 e. The van der Waals surface area contributed by atoms with Crippen molar-refractivity contribution in [1.29, 1.82) is 0 Å². The number of aromatic nitrogens is 4. The number of nitrogens with zero attached hydrogens (tertiary/aromatic N) is 4. The Bertz CT molecular complexity index is 1150. The van der Waals surface area contributed by atoms with E-state index in [1.807, 2.05) is 59.3 Å². The molecule has 7 nitrogen and oxygen atoms in total. The maximum absolute atomic E-state index is 13.3. The average molecular weight is 424 g/mol. The molecule has 30 heavy (non-hydrogen) atoms. The van der Waals surface area contributed by atoms with Gasteiger partial charge in [-0.25, -0.2) is 0 Å². The van der Waals surface area contributed by atoms with Gasteiger partial charge >= 0.3 is 0 Å². The molecule has 1 N–H and O–H groups in total. The van der Waals surface area contributed by atoms with Gasteiger partial charge in [0.1, 0.15) is 0 Å². The SMILES string of the molecule is COCCn1ccc2c(C(=O)NC(CCSC)c3nnc4ccccn34)cccc21. The van der Waals surface area contributed by atoms with Gasteiger partial charge in [0.25, 0.3) is 5.91 Å². The molecule has 3 heterocycles. The van der Waals surface area contributed by atoms with Gasteiger partial charge in [0, 0.05) is 42.5 Å². The zero-order chi connectivity index (χ0) is 20.9. The Balaban J connectivity index is 1.64. The predicted molar refractivity (Wildman–Crippen MR) is 120 cm³/mol. The number of nitrogens with one attached hydrogen (secondary N) is 1. The molecule has 0 aliphatic carbocycles. The van der Waals surface area contributed by atoms with E-state index in [1.54, 1.807) is 18.9 Å². The van der Waals surface area contributed by atoms with E-state index in [9.17, 15) is 4.79 Å². The minimum absolute atomic E-state index is 0.108. The van der Waals surface area contributed by atoms with Gasteiger partial charge in [-0.2, -0.15) is 11.8 Å². The highest BCUT2D eigenvalue weighted by Gasteiger charge is 2.22. The fourth-order valence-corrected chi connectivity index (χ4v) is 4.11. The van der Waals surface area contributed by atoms with Gasteiger partial charge in [-0.3, -0.25) is 9.20 Å². The van der Waals surface area contributed by atoms with Gasteiger partial charge in [-0.05, 0) is 48.8 Å². The Morgan fingerprint density at radius 3 is 2.90 bits per heavy atom. The first-order chi connectivity index (χ1) is 14.7. The number of pyridine rings is 1. The number of carbonyl (C=O) groups is 1. The number of fused-ring (bicyclic) bond motifs is 2. The molecular formula is C22H25N5O2S. The van der Waals surface area contributed by atoms with Crippen LogP contribution >= 0.6 is 11.8 Å². The molecular weight excluding hydrogens is 398 g/mol. The molecule has 0 saturated carbocycles. The highest BCUT2D eigenvalue weighted by atomic mass is 32.2. The summed E-state index contributed by atoms with van der Waals surface area (Å²) in [6.45, 7) is 1.37. The molecule has 3 aromatic heterocycles.